The minimum absolute atomic E-state index is 0.0293. The Hall–Kier alpha value is -3.35. The molecule has 2 aliphatic heterocycles. The molecule has 3 aromatic rings. The molecule has 0 spiro atoms. The molecule has 1 atom stereocenters. The van der Waals surface area contributed by atoms with E-state index in [1.165, 1.54) is 12.1 Å². The molecule has 142 valence electrons. The third-order valence-electron chi connectivity index (χ3n) is 5.36. The molecule has 1 aromatic carbocycles. The van der Waals surface area contributed by atoms with E-state index in [0.717, 1.165) is 34.3 Å². The number of fused-ring (bicyclic) bond motifs is 2. The van der Waals surface area contributed by atoms with Gasteiger partial charge in [0, 0.05) is 29.4 Å². The second-order valence-electron chi connectivity index (χ2n) is 6.93. The van der Waals surface area contributed by atoms with Gasteiger partial charge in [0.1, 0.15) is 23.8 Å². The van der Waals surface area contributed by atoms with E-state index in [1.54, 1.807) is 24.3 Å². The second kappa shape index (κ2) is 6.37. The van der Waals surface area contributed by atoms with Crippen molar-refractivity contribution in [3.8, 4) is 16.9 Å². The molecule has 1 N–H and O–H groups in total. The van der Waals surface area contributed by atoms with Crippen molar-refractivity contribution >= 4 is 22.7 Å². The Morgan fingerprint density at radius 3 is 3.04 bits per heavy atom. The maximum Gasteiger partial charge on any atom is 0.410 e. The summed E-state index contributed by atoms with van der Waals surface area (Å²) in [5, 5.41) is 0.892. The largest absolute Gasteiger partial charge is 0.496 e. The molecule has 7 heteroatoms. The van der Waals surface area contributed by atoms with Gasteiger partial charge in [0.15, 0.2) is 0 Å². The average molecular weight is 379 g/mol. The van der Waals surface area contributed by atoms with Crippen molar-refractivity contribution in [1.82, 2.24) is 14.9 Å². The molecule has 4 heterocycles. The van der Waals surface area contributed by atoms with Crippen molar-refractivity contribution in [2.45, 2.75) is 12.5 Å². The van der Waals surface area contributed by atoms with Crippen LogP contribution in [0.15, 0.2) is 42.6 Å². The normalized spacial score (nSPS) is 18.8. The summed E-state index contributed by atoms with van der Waals surface area (Å²) in [6, 6.07) is 8.34. The molecule has 1 amide bonds. The van der Waals surface area contributed by atoms with Gasteiger partial charge in [-0.25, -0.2) is 14.2 Å². The highest BCUT2D eigenvalue weighted by Gasteiger charge is 2.34. The van der Waals surface area contributed by atoms with Crippen LogP contribution in [-0.4, -0.2) is 47.3 Å². The molecule has 1 fully saturated rings. The summed E-state index contributed by atoms with van der Waals surface area (Å²) in [5.41, 5.74) is 4.32. The number of benzene rings is 1. The molecule has 1 saturated heterocycles. The van der Waals surface area contributed by atoms with E-state index >= 15 is 0 Å². The number of carbonyl (C=O) groups is 1. The van der Waals surface area contributed by atoms with Crippen molar-refractivity contribution in [2.24, 2.45) is 0 Å². The fourth-order valence-corrected chi connectivity index (χ4v) is 3.97. The number of pyridine rings is 1. The molecule has 2 aromatic heterocycles. The van der Waals surface area contributed by atoms with Gasteiger partial charge in [0.05, 0.1) is 13.2 Å². The zero-order chi connectivity index (χ0) is 19.3. The van der Waals surface area contributed by atoms with Crippen LogP contribution in [0.3, 0.4) is 0 Å². The summed E-state index contributed by atoms with van der Waals surface area (Å²) in [5.74, 6) is 0.281. The number of hydrogen-bond donors (Lipinski definition) is 1. The lowest BCUT2D eigenvalue weighted by Crippen LogP contribution is -2.36. The highest BCUT2D eigenvalue weighted by Crippen LogP contribution is 2.37. The van der Waals surface area contributed by atoms with Gasteiger partial charge < -0.3 is 14.5 Å². The second-order valence-corrected chi connectivity index (χ2v) is 6.93. The number of aromatic nitrogens is 2. The maximum absolute atomic E-state index is 13.9. The Labute approximate surface area is 160 Å². The number of nitrogens with zero attached hydrogens (tertiary/aromatic N) is 2. The van der Waals surface area contributed by atoms with Crippen molar-refractivity contribution in [1.29, 1.82) is 0 Å². The monoisotopic (exact) mass is 379 g/mol. The highest BCUT2D eigenvalue weighted by molar-refractivity contribution is 5.96. The molecule has 0 bridgehead atoms. The zero-order valence-electron chi connectivity index (χ0n) is 15.2. The van der Waals surface area contributed by atoms with Gasteiger partial charge in [-0.1, -0.05) is 6.08 Å². The van der Waals surface area contributed by atoms with Gasteiger partial charge in [0.2, 0.25) is 0 Å². The van der Waals surface area contributed by atoms with E-state index in [0.29, 0.717) is 24.5 Å². The van der Waals surface area contributed by atoms with Gasteiger partial charge in [-0.3, -0.25) is 4.90 Å². The molecule has 2 aliphatic rings. The molecular weight excluding hydrogens is 361 g/mol. The van der Waals surface area contributed by atoms with E-state index in [9.17, 15) is 9.18 Å². The molecule has 6 nitrogen and oxygen atoms in total. The van der Waals surface area contributed by atoms with Crippen LogP contribution in [0.2, 0.25) is 0 Å². The van der Waals surface area contributed by atoms with Gasteiger partial charge in [-0.05, 0) is 47.9 Å². The molecule has 0 radical (unpaired) electrons. The van der Waals surface area contributed by atoms with Crippen molar-refractivity contribution in [2.75, 3.05) is 20.3 Å². The first-order valence-corrected chi connectivity index (χ1v) is 9.10. The topological polar surface area (TPSA) is 67.5 Å². The van der Waals surface area contributed by atoms with Crippen LogP contribution in [0, 0.1) is 5.82 Å². The Kier molecular flexibility index (Phi) is 3.82. The SMILES string of the molecule is COc1ccc(F)cc1-c1ccnc2[nH]c(C3=CC4COC(=O)N4CC3)cc12. The summed E-state index contributed by atoms with van der Waals surface area (Å²) in [6.07, 6.45) is 4.25. The summed E-state index contributed by atoms with van der Waals surface area (Å²) in [7, 11) is 1.57. The Morgan fingerprint density at radius 1 is 1.29 bits per heavy atom. The zero-order valence-corrected chi connectivity index (χ0v) is 15.2. The lowest BCUT2D eigenvalue weighted by molar-refractivity contribution is 0.158. The van der Waals surface area contributed by atoms with Crippen LogP contribution < -0.4 is 4.74 Å². The fourth-order valence-electron chi connectivity index (χ4n) is 3.97. The van der Waals surface area contributed by atoms with Crippen LogP contribution in [0.4, 0.5) is 9.18 Å². The van der Waals surface area contributed by atoms with Gasteiger partial charge in [0.25, 0.3) is 0 Å². The number of hydrogen-bond acceptors (Lipinski definition) is 4. The highest BCUT2D eigenvalue weighted by atomic mass is 19.1. The van der Waals surface area contributed by atoms with Crippen LogP contribution >= 0.6 is 0 Å². The van der Waals surface area contributed by atoms with Crippen molar-refractivity contribution in [3.63, 3.8) is 0 Å². The summed E-state index contributed by atoms with van der Waals surface area (Å²) in [6.45, 7) is 1.01. The van der Waals surface area contributed by atoms with E-state index in [2.05, 4.69) is 16.0 Å². The number of rotatable bonds is 3. The Balaban J connectivity index is 1.60. The lowest BCUT2D eigenvalue weighted by Gasteiger charge is -2.25. The predicted molar refractivity (Wildman–Crippen MR) is 102 cm³/mol. The molecule has 5 rings (SSSR count). The lowest BCUT2D eigenvalue weighted by atomic mass is 9.99. The smallest absolute Gasteiger partial charge is 0.410 e. The Bertz CT molecular complexity index is 1120. The number of aromatic amines is 1. The van der Waals surface area contributed by atoms with Gasteiger partial charge in [-0.2, -0.15) is 0 Å². The number of nitrogens with one attached hydrogen (secondary N) is 1. The quantitative estimate of drug-likeness (QED) is 0.747. The predicted octanol–water partition coefficient (Wildman–Crippen LogP) is 3.99. The first-order chi connectivity index (χ1) is 13.6. The minimum Gasteiger partial charge on any atom is -0.496 e. The summed E-state index contributed by atoms with van der Waals surface area (Å²) in [4.78, 5) is 21.2. The first kappa shape index (κ1) is 16.8. The third kappa shape index (κ3) is 2.62. The van der Waals surface area contributed by atoms with Crippen LogP contribution in [0.5, 0.6) is 5.75 Å². The number of methoxy groups -OCH3 is 1. The standard InChI is InChI=1S/C21H18FN3O3/c1-27-19-3-2-13(22)9-16(19)15-4-6-23-20-17(15)10-18(24-20)12-5-7-25-14(8-12)11-28-21(25)26/h2-4,6,8-10,14H,5,7,11H2,1H3,(H,23,24). The van der Waals surface area contributed by atoms with E-state index in [1.807, 2.05) is 12.1 Å². The molecule has 28 heavy (non-hydrogen) atoms. The summed E-state index contributed by atoms with van der Waals surface area (Å²) >= 11 is 0. The number of halogens is 1. The van der Waals surface area contributed by atoms with Crippen LogP contribution in [0.25, 0.3) is 27.7 Å². The number of carbonyl (C=O) groups excluding carboxylic acids is 1. The maximum atomic E-state index is 13.9. The fraction of sp³-hybridized carbons (Fsp3) is 0.238. The van der Waals surface area contributed by atoms with Crippen molar-refractivity contribution in [3.05, 3.63) is 54.1 Å². The third-order valence-corrected chi connectivity index (χ3v) is 5.36. The molecule has 0 saturated carbocycles. The number of amides is 1. The first-order valence-electron chi connectivity index (χ1n) is 9.10. The van der Waals surface area contributed by atoms with Crippen LogP contribution in [0.1, 0.15) is 12.1 Å². The van der Waals surface area contributed by atoms with E-state index in [4.69, 9.17) is 9.47 Å². The van der Waals surface area contributed by atoms with Crippen molar-refractivity contribution < 1.29 is 18.7 Å². The number of cyclic esters (lactones) is 1. The molecular formula is C21H18FN3O3. The van der Waals surface area contributed by atoms with Gasteiger partial charge in [-0.15, -0.1) is 0 Å². The molecule has 1 unspecified atom stereocenters. The summed E-state index contributed by atoms with van der Waals surface area (Å²) < 4.78 is 24.4. The van der Waals surface area contributed by atoms with E-state index in [-0.39, 0.29) is 18.0 Å². The number of ether oxygens (including phenoxy) is 2. The van der Waals surface area contributed by atoms with E-state index < -0.39 is 0 Å². The minimum atomic E-state index is -0.322. The molecule has 0 aliphatic carbocycles. The van der Waals surface area contributed by atoms with Gasteiger partial charge >= 0.3 is 6.09 Å². The van der Waals surface area contributed by atoms with Crippen LogP contribution in [-0.2, 0) is 4.74 Å². The number of H-pyrrole nitrogens is 1. The Morgan fingerprint density at radius 2 is 2.18 bits per heavy atom. The average Bonchev–Trinajstić information content (AvgIpc) is 3.31.